The quantitative estimate of drug-likeness (QED) is 0.875. The molecule has 0 bridgehead atoms. The maximum atomic E-state index is 13.1. The zero-order valence-electron chi connectivity index (χ0n) is 9.88. The molecule has 4 heteroatoms. The number of hydrogen-bond donors (Lipinski definition) is 1. The van der Waals surface area contributed by atoms with E-state index in [0.29, 0.717) is 25.0 Å². The summed E-state index contributed by atoms with van der Waals surface area (Å²) in [5.41, 5.74) is 0.819. The second-order valence-electron chi connectivity index (χ2n) is 4.47. The SMILES string of the molecule is CNC1CCOCC1Cc1ccc(F)c(F)c1. The highest BCUT2D eigenvalue weighted by atomic mass is 19.2. The molecule has 0 radical (unpaired) electrons. The third-order valence-corrected chi connectivity index (χ3v) is 3.33. The van der Waals surface area contributed by atoms with Gasteiger partial charge in [0.05, 0.1) is 6.61 Å². The molecule has 1 saturated heterocycles. The Kier molecular flexibility index (Phi) is 4.07. The fourth-order valence-corrected chi connectivity index (χ4v) is 2.35. The molecule has 1 aliphatic rings. The van der Waals surface area contributed by atoms with Gasteiger partial charge < -0.3 is 10.1 Å². The molecule has 2 nitrogen and oxygen atoms in total. The summed E-state index contributed by atoms with van der Waals surface area (Å²) in [7, 11) is 1.92. The lowest BCUT2D eigenvalue weighted by atomic mass is 9.89. The van der Waals surface area contributed by atoms with Crippen molar-refractivity contribution in [3.05, 3.63) is 35.4 Å². The van der Waals surface area contributed by atoms with Gasteiger partial charge in [-0.05, 0) is 37.6 Å². The highest BCUT2D eigenvalue weighted by Gasteiger charge is 2.24. The van der Waals surface area contributed by atoms with Gasteiger partial charge in [0.15, 0.2) is 11.6 Å². The molecule has 1 aliphatic heterocycles. The average molecular weight is 241 g/mol. The van der Waals surface area contributed by atoms with Crippen LogP contribution in [0.1, 0.15) is 12.0 Å². The topological polar surface area (TPSA) is 21.3 Å². The summed E-state index contributed by atoms with van der Waals surface area (Å²) < 4.78 is 31.3. The van der Waals surface area contributed by atoms with Crippen LogP contribution in [-0.2, 0) is 11.2 Å². The van der Waals surface area contributed by atoms with E-state index in [1.165, 1.54) is 12.1 Å². The molecule has 2 rings (SSSR count). The van der Waals surface area contributed by atoms with Crippen molar-refractivity contribution in [3.8, 4) is 0 Å². The summed E-state index contributed by atoms with van der Waals surface area (Å²) in [6.45, 7) is 1.43. The number of rotatable bonds is 3. The zero-order chi connectivity index (χ0) is 12.3. The van der Waals surface area contributed by atoms with Crippen LogP contribution in [0, 0.1) is 17.6 Å². The first-order chi connectivity index (χ1) is 8.20. The maximum Gasteiger partial charge on any atom is 0.159 e. The minimum atomic E-state index is -0.793. The highest BCUT2D eigenvalue weighted by Crippen LogP contribution is 2.20. The molecular weight excluding hydrogens is 224 g/mol. The fourth-order valence-electron chi connectivity index (χ4n) is 2.35. The first-order valence-corrected chi connectivity index (χ1v) is 5.89. The molecule has 1 aromatic carbocycles. The Morgan fingerprint density at radius 1 is 1.35 bits per heavy atom. The lowest BCUT2D eigenvalue weighted by Gasteiger charge is -2.31. The first-order valence-electron chi connectivity index (χ1n) is 5.89. The van der Waals surface area contributed by atoms with Crippen molar-refractivity contribution in [3.63, 3.8) is 0 Å². The molecule has 0 amide bonds. The summed E-state index contributed by atoms with van der Waals surface area (Å²) in [6, 6.07) is 4.48. The van der Waals surface area contributed by atoms with Crippen LogP contribution in [0.3, 0.4) is 0 Å². The summed E-state index contributed by atoms with van der Waals surface area (Å²) in [4.78, 5) is 0. The molecule has 2 atom stereocenters. The normalized spacial score (nSPS) is 24.9. The van der Waals surface area contributed by atoms with E-state index < -0.39 is 11.6 Å². The van der Waals surface area contributed by atoms with Crippen molar-refractivity contribution in [2.45, 2.75) is 18.9 Å². The third-order valence-electron chi connectivity index (χ3n) is 3.33. The minimum absolute atomic E-state index is 0.318. The second-order valence-corrected chi connectivity index (χ2v) is 4.47. The molecule has 0 spiro atoms. The Bertz CT molecular complexity index is 384. The van der Waals surface area contributed by atoms with Crippen LogP contribution in [0.25, 0.3) is 0 Å². The van der Waals surface area contributed by atoms with Gasteiger partial charge in [-0.1, -0.05) is 6.07 Å². The molecule has 1 N–H and O–H groups in total. The van der Waals surface area contributed by atoms with Crippen LogP contribution >= 0.6 is 0 Å². The van der Waals surface area contributed by atoms with Crippen molar-refractivity contribution < 1.29 is 13.5 Å². The van der Waals surface area contributed by atoms with Gasteiger partial charge in [-0.15, -0.1) is 0 Å². The van der Waals surface area contributed by atoms with Gasteiger partial charge in [0.1, 0.15) is 0 Å². The van der Waals surface area contributed by atoms with Gasteiger partial charge in [0, 0.05) is 18.6 Å². The van der Waals surface area contributed by atoms with Crippen LogP contribution in [0.2, 0.25) is 0 Å². The van der Waals surface area contributed by atoms with Crippen LogP contribution < -0.4 is 5.32 Å². The van der Waals surface area contributed by atoms with Gasteiger partial charge in [-0.2, -0.15) is 0 Å². The first kappa shape index (κ1) is 12.5. The van der Waals surface area contributed by atoms with Crippen LogP contribution in [0.15, 0.2) is 18.2 Å². The monoisotopic (exact) mass is 241 g/mol. The minimum Gasteiger partial charge on any atom is -0.381 e. The second kappa shape index (κ2) is 5.56. The Morgan fingerprint density at radius 3 is 2.88 bits per heavy atom. The Labute approximate surface area is 100.0 Å². The molecule has 0 saturated carbocycles. The largest absolute Gasteiger partial charge is 0.381 e. The smallest absolute Gasteiger partial charge is 0.159 e. The number of ether oxygens (including phenoxy) is 1. The van der Waals surface area contributed by atoms with E-state index >= 15 is 0 Å². The van der Waals surface area contributed by atoms with Gasteiger partial charge in [-0.25, -0.2) is 8.78 Å². The van der Waals surface area contributed by atoms with Crippen molar-refractivity contribution in [1.29, 1.82) is 0 Å². The number of nitrogens with one attached hydrogen (secondary N) is 1. The molecule has 0 aliphatic carbocycles. The zero-order valence-corrected chi connectivity index (χ0v) is 9.88. The molecule has 2 unspecified atom stereocenters. The Morgan fingerprint density at radius 2 is 2.18 bits per heavy atom. The van der Waals surface area contributed by atoms with E-state index in [9.17, 15) is 8.78 Å². The van der Waals surface area contributed by atoms with E-state index in [1.807, 2.05) is 7.05 Å². The Balaban J connectivity index is 2.05. The summed E-state index contributed by atoms with van der Waals surface area (Å²) >= 11 is 0. The lowest BCUT2D eigenvalue weighted by molar-refractivity contribution is 0.0342. The lowest BCUT2D eigenvalue weighted by Crippen LogP contribution is -2.41. The van der Waals surface area contributed by atoms with E-state index in [0.717, 1.165) is 18.6 Å². The predicted octanol–water partition coefficient (Wildman–Crippen LogP) is 2.13. The average Bonchev–Trinajstić information content (AvgIpc) is 2.34. The summed E-state index contributed by atoms with van der Waals surface area (Å²) in [6.07, 6.45) is 1.67. The van der Waals surface area contributed by atoms with Gasteiger partial charge >= 0.3 is 0 Å². The number of hydrogen-bond acceptors (Lipinski definition) is 2. The number of halogens is 2. The van der Waals surface area contributed by atoms with Gasteiger partial charge in [0.2, 0.25) is 0 Å². The molecule has 1 aromatic rings. The van der Waals surface area contributed by atoms with Crippen molar-refractivity contribution in [2.24, 2.45) is 5.92 Å². The van der Waals surface area contributed by atoms with Crippen molar-refractivity contribution in [2.75, 3.05) is 20.3 Å². The number of benzene rings is 1. The molecule has 94 valence electrons. The van der Waals surface area contributed by atoms with Crippen LogP contribution in [-0.4, -0.2) is 26.3 Å². The van der Waals surface area contributed by atoms with Gasteiger partial charge in [-0.3, -0.25) is 0 Å². The van der Waals surface area contributed by atoms with E-state index in [4.69, 9.17) is 4.74 Å². The third kappa shape index (κ3) is 3.01. The summed E-state index contributed by atoms with van der Waals surface area (Å²) in [5.74, 6) is -1.25. The molecule has 1 heterocycles. The van der Waals surface area contributed by atoms with E-state index in [2.05, 4.69) is 5.32 Å². The van der Waals surface area contributed by atoms with Gasteiger partial charge in [0.25, 0.3) is 0 Å². The molecule has 17 heavy (non-hydrogen) atoms. The van der Waals surface area contributed by atoms with Crippen molar-refractivity contribution in [1.82, 2.24) is 5.32 Å². The van der Waals surface area contributed by atoms with Crippen LogP contribution in [0.4, 0.5) is 8.78 Å². The standard InChI is InChI=1S/C13H17F2NO/c1-16-13-4-5-17-8-10(13)6-9-2-3-11(14)12(15)7-9/h2-3,7,10,13,16H,4-6,8H2,1H3. The van der Waals surface area contributed by atoms with Crippen molar-refractivity contribution >= 4 is 0 Å². The fraction of sp³-hybridized carbons (Fsp3) is 0.538. The summed E-state index contributed by atoms with van der Waals surface area (Å²) in [5, 5.41) is 3.25. The molecule has 1 fully saturated rings. The van der Waals surface area contributed by atoms with E-state index in [-0.39, 0.29) is 0 Å². The highest BCUT2D eigenvalue weighted by molar-refractivity contribution is 5.18. The predicted molar refractivity (Wildman–Crippen MR) is 61.8 cm³/mol. The van der Waals surface area contributed by atoms with Crippen LogP contribution in [0.5, 0.6) is 0 Å². The maximum absolute atomic E-state index is 13.1. The van der Waals surface area contributed by atoms with E-state index in [1.54, 1.807) is 6.07 Å². The molecular formula is C13H17F2NO. The molecule has 0 aromatic heterocycles. The Hall–Kier alpha value is -1.00.